The highest BCUT2D eigenvalue weighted by atomic mass is 16.5. The third-order valence-electron chi connectivity index (χ3n) is 2.43. The molecule has 0 saturated carbocycles. The molecule has 1 aliphatic rings. The van der Waals surface area contributed by atoms with E-state index in [0.29, 0.717) is 6.04 Å². The predicted octanol–water partition coefficient (Wildman–Crippen LogP) is 1.46. The number of carbonyl (C=O) groups excluding carboxylic acids is 1. The zero-order valence-corrected chi connectivity index (χ0v) is 11.7. The molecule has 4 heteroatoms. The van der Waals surface area contributed by atoms with Gasteiger partial charge in [0.05, 0.1) is 0 Å². The van der Waals surface area contributed by atoms with Gasteiger partial charge in [-0.05, 0) is 20.9 Å². The maximum atomic E-state index is 10.3. The van der Waals surface area contributed by atoms with Crippen molar-refractivity contribution in [2.45, 2.75) is 33.7 Å². The van der Waals surface area contributed by atoms with Gasteiger partial charge in [0.2, 0.25) is 6.41 Å². The van der Waals surface area contributed by atoms with Gasteiger partial charge in [0.1, 0.15) is 0 Å². The van der Waals surface area contributed by atoms with E-state index in [1.807, 2.05) is 25.7 Å². The van der Waals surface area contributed by atoms with Gasteiger partial charge in [-0.2, -0.15) is 0 Å². The van der Waals surface area contributed by atoms with E-state index in [2.05, 4.69) is 23.6 Å². The van der Waals surface area contributed by atoms with E-state index in [4.69, 9.17) is 0 Å². The number of nitrogens with zero attached hydrogens (tertiary/aromatic N) is 2. The first-order valence-corrected chi connectivity index (χ1v) is 6.04. The maximum Gasteiger partial charge on any atom is 0.209 e. The molecule has 16 heavy (non-hydrogen) atoms. The zero-order chi connectivity index (χ0) is 13.0. The van der Waals surface area contributed by atoms with Gasteiger partial charge in [0.15, 0.2) is 0 Å². The number of methoxy groups -OCH3 is 1. The first-order valence-electron chi connectivity index (χ1n) is 6.04. The van der Waals surface area contributed by atoms with E-state index in [-0.39, 0.29) is 0 Å². The summed E-state index contributed by atoms with van der Waals surface area (Å²) in [6.07, 6.45) is 0.934. The number of ether oxygens (including phenoxy) is 1. The van der Waals surface area contributed by atoms with E-state index in [0.717, 1.165) is 32.7 Å². The quantitative estimate of drug-likeness (QED) is 0.676. The summed E-state index contributed by atoms with van der Waals surface area (Å²) in [5.74, 6) is 0. The van der Waals surface area contributed by atoms with E-state index in [1.165, 1.54) is 0 Å². The smallest absolute Gasteiger partial charge is 0.209 e. The van der Waals surface area contributed by atoms with Crippen LogP contribution in [0.25, 0.3) is 0 Å². The largest absolute Gasteiger partial charge is 0.385 e. The van der Waals surface area contributed by atoms with Crippen LogP contribution in [0.4, 0.5) is 0 Å². The molecule has 0 aromatic rings. The molecule has 0 spiro atoms. The lowest BCUT2D eigenvalue weighted by molar-refractivity contribution is -0.120. The molecule has 0 N–H and O–H groups in total. The minimum absolute atomic E-state index is 0.513. The molecule has 0 bridgehead atoms. The number of rotatable bonds is 2. The Balaban J connectivity index is 0. The molecule has 1 fully saturated rings. The summed E-state index contributed by atoms with van der Waals surface area (Å²) in [5.41, 5.74) is 0. The fourth-order valence-corrected chi connectivity index (χ4v) is 1.17. The minimum atomic E-state index is 0.513. The molecule has 0 aromatic heterocycles. The van der Waals surface area contributed by atoms with Crippen LogP contribution in [-0.2, 0) is 9.53 Å². The van der Waals surface area contributed by atoms with Gasteiger partial charge in [-0.25, -0.2) is 0 Å². The van der Waals surface area contributed by atoms with Crippen LogP contribution in [0.3, 0.4) is 0 Å². The second-order valence-electron chi connectivity index (χ2n) is 3.51. The van der Waals surface area contributed by atoms with Gasteiger partial charge in [-0.15, -0.1) is 0 Å². The number of amides is 1. The van der Waals surface area contributed by atoms with Crippen LogP contribution in [0.1, 0.15) is 27.7 Å². The average Bonchev–Trinajstić information content (AvgIpc) is 2.35. The first-order chi connectivity index (χ1) is 7.65. The van der Waals surface area contributed by atoms with Crippen LogP contribution in [0.15, 0.2) is 0 Å². The van der Waals surface area contributed by atoms with E-state index in [9.17, 15) is 4.79 Å². The zero-order valence-electron chi connectivity index (χ0n) is 11.7. The van der Waals surface area contributed by atoms with Crippen LogP contribution in [0, 0.1) is 0 Å². The Labute approximate surface area is 101 Å². The van der Waals surface area contributed by atoms with Gasteiger partial charge in [0.25, 0.3) is 0 Å². The van der Waals surface area contributed by atoms with Crippen LogP contribution < -0.4 is 0 Å². The van der Waals surface area contributed by atoms with Crippen molar-refractivity contribution in [3.05, 3.63) is 0 Å². The first kappa shape index (κ1) is 17.8. The monoisotopic (exact) mass is 232 g/mol. The molecule has 0 aliphatic carbocycles. The van der Waals surface area contributed by atoms with Crippen LogP contribution in [0.2, 0.25) is 0 Å². The molecule has 98 valence electrons. The topological polar surface area (TPSA) is 32.8 Å². The summed E-state index contributed by atoms with van der Waals surface area (Å²) in [5, 5.41) is 0. The fraction of sp³-hybridized carbons (Fsp3) is 0.917. The van der Waals surface area contributed by atoms with E-state index < -0.39 is 0 Å². The maximum absolute atomic E-state index is 10.3. The van der Waals surface area contributed by atoms with Gasteiger partial charge in [-0.3, -0.25) is 4.79 Å². The lowest BCUT2D eigenvalue weighted by atomic mass is 10.2. The van der Waals surface area contributed by atoms with Crippen molar-refractivity contribution in [3.8, 4) is 0 Å². The third kappa shape index (κ3) is 8.68. The van der Waals surface area contributed by atoms with Crippen molar-refractivity contribution in [1.82, 2.24) is 9.80 Å². The molecule has 1 atom stereocenters. The summed E-state index contributed by atoms with van der Waals surface area (Å²) >= 11 is 0. The molecule has 1 amide bonds. The Bertz CT molecular complexity index is 152. The number of hydrogen-bond acceptors (Lipinski definition) is 3. The Morgan fingerprint density at radius 3 is 2.19 bits per heavy atom. The highest BCUT2D eigenvalue weighted by molar-refractivity contribution is 5.47. The van der Waals surface area contributed by atoms with Gasteiger partial charge in [-0.1, -0.05) is 13.8 Å². The van der Waals surface area contributed by atoms with Crippen molar-refractivity contribution in [3.63, 3.8) is 0 Å². The van der Waals surface area contributed by atoms with Crippen LogP contribution >= 0.6 is 0 Å². The number of likely N-dealkylation sites (N-methyl/N-ethyl adjacent to an activating group) is 1. The lowest BCUT2D eigenvalue weighted by Gasteiger charge is -2.35. The Morgan fingerprint density at radius 1 is 1.38 bits per heavy atom. The second kappa shape index (κ2) is 12.5. The van der Waals surface area contributed by atoms with Gasteiger partial charge < -0.3 is 14.5 Å². The van der Waals surface area contributed by atoms with Crippen molar-refractivity contribution >= 4 is 6.41 Å². The van der Waals surface area contributed by atoms with Crippen molar-refractivity contribution < 1.29 is 9.53 Å². The molecular formula is C12H28N2O2. The molecular weight excluding hydrogens is 204 g/mol. The molecule has 1 saturated heterocycles. The number of piperazine rings is 1. The van der Waals surface area contributed by atoms with Gasteiger partial charge >= 0.3 is 0 Å². The summed E-state index contributed by atoms with van der Waals surface area (Å²) in [4.78, 5) is 14.4. The average molecular weight is 232 g/mol. The summed E-state index contributed by atoms with van der Waals surface area (Å²) in [6, 6.07) is 0.513. The summed E-state index contributed by atoms with van der Waals surface area (Å²) < 4.78 is 4.54. The number of carbonyl (C=O) groups is 1. The second-order valence-corrected chi connectivity index (χ2v) is 3.51. The Kier molecular flexibility index (Phi) is 13.8. The number of hydrogen-bond donors (Lipinski definition) is 0. The van der Waals surface area contributed by atoms with Crippen LogP contribution in [-0.4, -0.2) is 62.7 Å². The van der Waals surface area contributed by atoms with Gasteiger partial charge in [0, 0.05) is 39.4 Å². The lowest BCUT2D eigenvalue weighted by Crippen LogP contribution is -2.49. The van der Waals surface area contributed by atoms with Crippen LogP contribution in [0.5, 0.6) is 0 Å². The minimum Gasteiger partial charge on any atom is -0.385 e. The highest BCUT2D eigenvalue weighted by Crippen LogP contribution is 2.03. The SMILES string of the molecule is CC.CC1CN(C=O)CCN1C.CCOC. The van der Waals surface area contributed by atoms with Crippen molar-refractivity contribution in [2.75, 3.05) is 40.4 Å². The third-order valence-corrected chi connectivity index (χ3v) is 2.43. The predicted molar refractivity (Wildman–Crippen MR) is 68.6 cm³/mol. The molecule has 4 nitrogen and oxygen atoms in total. The standard InChI is InChI=1S/C7H14N2O.C3H8O.C2H6/c1-7-5-9(6-10)4-3-8(7)2;1-3-4-2;1-2/h6-7H,3-5H2,1-2H3;3H2,1-2H3;1-2H3. The molecule has 0 radical (unpaired) electrons. The Hall–Kier alpha value is -0.610. The van der Waals surface area contributed by atoms with Crippen molar-refractivity contribution in [1.29, 1.82) is 0 Å². The van der Waals surface area contributed by atoms with E-state index in [1.54, 1.807) is 7.11 Å². The normalized spacial score (nSPS) is 20.1. The fourth-order valence-electron chi connectivity index (χ4n) is 1.17. The molecule has 1 unspecified atom stereocenters. The summed E-state index contributed by atoms with van der Waals surface area (Å²) in [7, 11) is 3.77. The highest BCUT2D eigenvalue weighted by Gasteiger charge is 2.18. The molecule has 1 aliphatic heterocycles. The summed E-state index contributed by atoms with van der Waals surface area (Å²) in [6.45, 7) is 11.7. The van der Waals surface area contributed by atoms with E-state index >= 15 is 0 Å². The molecule has 0 aromatic carbocycles. The Morgan fingerprint density at radius 2 is 1.88 bits per heavy atom. The molecule has 1 heterocycles. The molecule has 1 rings (SSSR count). The van der Waals surface area contributed by atoms with Crippen molar-refractivity contribution in [2.24, 2.45) is 0 Å².